The van der Waals surface area contributed by atoms with Crippen LogP contribution in [0.1, 0.15) is 28.4 Å². The van der Waals surface area contributed by atoms with Crippen molar-refractivity contribution in [1.82, 2.24) is 0 Å². The van der Waals surface area contributed by atoms with E-state index >= 15 is 0 Å². The fraction of sp³-hybridized carbons (Fsp3) is 0.158. The van der Waals surface area contributed by atoms with E-state index in [0.29, 0.717) is 12.0 Å². The number of benzene rings is 2. The molecule has 1 atom stereocenters. The van der Waals surface area contributed by atoms with Crippen molar-refractivity contribution in [3.8, 4) is 0 Å². The smallest absolute Gasteiger partial charge is 0.337 e. The molecule has 2 aromatic rings. The fourth-order valence-electron chi connectivity index (χ4n) is 2.73. The molecule has 1 heterocycles. The van der Waals surface area contributed by atoms with Gasteiger partial charge in [-0.1, -0.05) is 30.3 Å². The first-order valence-corrected chi connectivity index (χ1v) is 7.42. The molecule has 0 spiro atoms. The van der Waals surface area contributed by atoms with Gasteiger partial charge in [0, 0.05) is 18.3 Å². The minimum Gasteiger partial charge on any atom is -0.465 e. The van der Waals surface area contributed by atoms with Gasteiger partial charge in [-0.3, -0.25) is 4.79 Å². The minimum absolute atomic E-state index is 0.0819. The highest BCUT2D eigenvalue weighted by molar-refractivity contribution is 5.93. The summed E-state index contributed by atoms with van der Waals surface area (Å²) in [5.74, 6) is -0.268. The van der Waals surface area contributed by atoms with E-state index in [1.165, 1.54) is 7.11 Å². The molecule has 1 aliphatic heterocycles. The molecule has 0 aromatic heterocycles. The fourth-order valence-corrected chi connectivity index (χ4v) is 2.73. The second kappa shape index (κ2) is 6.48. The third kappa shape index (κ3) is 3.16. The number of methoxy groups -OCH3 is 1. The second-order valence-corrected chi connectivity index (χ2v) is 5.36. The summed E-state index contributed by atoms with van der Waals surface area (Å²) in [7, 11) is 1.36. The Hall–Kier alpha value is -2.88. The number of carbonyl (C=O) groups is 2. The van der Waals surface area contributed by atoms with Gasteiger partial charge in [0.2, 0.25) is 0 Å². The van der Waals surface area contributed by atoms with E-state index in [0.717, 1.165) is 11.3 Å². The Bertz CT molecular complexity index is 735. The predicted octanol–water partition coefficient (Wildman–Crippen LogP) is 3.51. The number of ether oxygens (including phenoxy) is 1. The van der Waals surface area contributed by atoms with Crippen LogP contribution in [0.2, 0.25) is 0 Å². The molecule has 0 bridgehead atoms. The van der Waals surface area contributed by atoms with Gasteiger partial charge in [-0.05, 0) is 35.9 Å². The first-order chi connectivity index (χ1) is 11.2. The molecule has 0 N–H and O–H groups in total. The van der Waals surface area contributed by atoms with E-state index in [9.17, 15) is 9.59 Å². The lowest BCUT2D eigenvalue weighted by atomic mass is 9.96. The van der Waals surface area contributed by atoms with Crippen LogP contribution in [0, 0.1) is 0 Å². The van der Waals surface area contributed by atoms with Gasteiger partial charge in [-0.15, -0.1) is 0 Å². The van der Waals surface area contributed by atoms with Crippen molar-refractivity contribution in [2.75, 3.05) is 12.0 Å². The van der Waals surface area contributed by atoms with Crippen LogP contribution in [0.4, 0.5) is 5.69 Å². The van der Waals surface area contributed by atoms with Crippen molar-refractivity contribution in [2.45, 2.75) is 12.5 Å². The van der Waals surface area contributed by atoms with Crippen LogP contribution in [-0.2, 0) is 9.53 Å². The summed E-state index contributed by atoms with van der Waals surface area (Å²) in [6.45, 7) is 0. The Balaban J connectivity index is 1.93. The summed E-state index contributed by atoms with van der Waals surface area (Å²) in [5.41, 5.74) is 2.51. The Morgan fingerprint density at radius 3 is 2.43 bits per heavy atom. The number of hydrogen-bond acceptors (Lipinski definition) is 4. The van der Waals surface area contributed by atoms with Crippen molar-refractivity contribution in [3.05, 3.63) is 78.0 Å². The minimum atomic E-state index is -0.365. The van der Waals surface area contributed by atoms with Gasteiger partial charge in [0.25, 0.3) is 0 Å². The maximum atomic E-state index is 11.9. The lowest BCUT2D eigenvalue weighted by Gasteiger charge is -2.33. The van der Waals surface area contributed by atoms with Crippen LogP contribution >= 0.6 is 0 Å². The Labute approximate surface area is 135 Å². The van der Waals surface area contributed by atoms with E-state index < -0.39 is 0 Å². The highest BCUT2D eigenvalue weighted by Gasteiger charge is 2.25. The van der Waals surface area contributed by atoms with Crippen molar-refractivity contribution >= 4 is 17.4 Å². The number of para-hydroxylation sites is 1. The standard InChI is InChI=1S/C19H17NO3/c1-23-19(22)15-9-7-14(8-10-15)18-13-17(21)11-12-20(18)16-5-3-2-4-6-16/h2-12,18H,13H2,1H3. The van der Waals surface area contributed by atoms with Gasteiger partial charge in [-0.25, -0.2) is 4.79 Å². The largest absolute Gasteiger partial charge is 0.465 e. The first kappa shape index (κ1) is 15.0. The van der Waals surface area contributed by atoms with E-state index in [1.807, 2.05) is 48.7 Å². The molecule has 4 nitrogen and oxygen atoms in total. The van der Waals surface area contributed by atoms with Crippen LogP contribution in [-0.4, -0.2) is 18.9 Å². The zero-order valence-corrected chi connectivity index (χ0v) is 12.8. The van der Waals surface area contributed by atoms with Crippen LogP contribution in [0.15, 0.2) is 66.9 Å². The number of rotatable bonds is 3. The summed E-state index contributed by atoms with van der Waals surface area (Å²) >= 11 is 0. The summed E-state index contributed by atoms with van der Waals surface area (Å²) in [4.78, 5) is 25.5. The Morgan fingerprint density at radius 1 is 1.09 bits per heavy atom. The van der Waals surface area contributed by atoms with Crippen molar-refractivity contribution in [2.24, 2.45) is 0 Å². The average molecular weight is 307 g/mol. The van der Waals surface area contributed by atoms with E-state index in [1.54, 1.807) is 18.2 Å². The summed E-state index contributed by atoms with van der Waals surface area (Å²) in [6, 6.07) is 17.0. The van der Waals surface area contributed by atoms with Crippen LogP contribution in [0.5, 0.6) is 0 Å². The lowest BCUT2D eigenvalue weighted by Crippen LogP contribution is -2.28. The normalized spacial score (nSPS) is 17.2. The van der Waals surface area contributed by atoms with E-state index in [4.69, 9.17) is 4.74 Å². The third-order valence-corrected chi connectivity index (χ3v) is 3.92. The van der Waals surface area contributed by atoms with Crippen molar-refractivity contribution in [3.63, 3.8) is 0 Å². The number of anilines is 1. The summed E-state index contributed by atoms with van der Waals surface area (Å²) in [5, 5.41) is 0. The van der Waals surface area contributed by atoms with Gasteiger partial charge >= 0.3 is 5.97 Å². The monoisotopic (exact) mass is 307 g/mol. The molecule has 3 rings (SSSR count). The second-order valence-electron chi connectivity index (χ2n) is 5.36. The van der Waals surface area contributed by atoms with Gasteiger partial charge in [0.1, 0.15) is 0 Å². The molecule has 2 aromatic carbocycles. The molecule has 0 saturated heterocycles. The predicted molar refractivity (Wildman–Crippen MR) is 88.2 cm³/mol. The molecule has 23 heavy (non-hydrogen) atoms. The molecule has 0 fully saturated rings. The number of carbonyl (C=O) groups excluding carboxylic acids is 2. The highest BCUT2D eigenvalue weighted by Crippen LogP contribution is 2.33. The molecule has 0 aliphatic carbocycles. The molecule has 1 unspecified atom stereocenters. The van der Waals surface area contributed by atoms with Crippen molar-refractivity contribution < 1.29 is 14.3 Å². The zero-order valence-electron chi connectivity index (χ0n) is 12.8. The number of ketones is 1. The molecule has 1 aliphatic rings. The quantitative estimate of drug-likeness (QED) is 0.814. The van der Waals surface area contributed by atoms with Crippen LogP contribution in [0.25, 0.3) is 0 Å². The van der Waals surface area contributed by atoms with E-state index in [-0.39, 0.29) is 17.8 Å². The van der Waals surface area contributed by atoms with Crippen molar-refractivity contribution in [1.29, 1.82) is 0 Å². The van der Waals surface area contributed by atoms with Crippen LogP contribution < -0.4 is 4.90 Å². The molecule has 116 valence electrons. The molecular weight excluding hydrogens is 290 g/mol. The summed E-state index contributed by atoms with van der Waals surface area (Å²) < 4.78 is 4.71. The summed E-state index contributed by atoms with van der Waals surface area (Å²) in [6.07, 6.45) is 3.83. The SMILES string of the molecule is COC(=O)c1ccc(C2CC(=O)C=CN2c2ccccc2)cc1. The molecule has 0 radical (unpaired) electrons. The Kier molecular flexibility index (Phi) is 4.24. The maximum Gasteiger partial charge on any atom is 0.337 e. The lowest BCUT2D eigenvalue weighted by molar-refractivity contribution is -0.115. The topological polar surface area (TPSA) is 46.6 Å². The van der Waals surface area contributed by atoms with Gasteiger partial charge < -0.3 is 9.64 Å². The van der Waals surface area contributed by atoms with Gasteiger partial charge in [-0.2, -0.15) is 0 Å². The van der Waals surface area contributed by atoms with Gasteiger partial charge in [0.15, 0.2) is 5.78 Å². The highest BCUT2D eigenvalue weighted by atomic mass is 16.5. The molecular formula is C19H17NO3. The number of hydrogen-bond donors (Lipinski definition) is 0. The molecule has 0 amide bonds. The number of esters is 1. The molecule has 4 heteroatoms. The molecule has 0 saturated carbocycles. The average Bonchev–Trinajstić information content (AvgIpc) is 2.62. The number of allylic oxidation sites excluding steroid dienone is 1. The Morgan fingerprint density at radius 2 is 1.78 bits per heavy atom. The number of nitrogens with zero attached hydrogens (tertiary/aromatic N) is 1. The zero-order chi connectivity index (χ0) is 16.2. The third-order valence-electron chi connectivity index (χ3n) is 3.92. The van der Waals surface area contributed by atoms with E-state index in [2.05, 4.69) is 4.90 Å². The van der Waals surface area contributed by atoms with Gasteiger partial charge in [0.05, 0.1) is 18.7 Å². The maximum absolute atomic E-state index is 11.9. The first-order valence-electron chi connectivity index (χ1n) is 7.42. The van der Waals surface area contributed by atoms with Crippen LogP contribution in [0.3, 0.4) is 0 Å².